The molecule has 1 heterocycles. The summed E-state index contributed by atoms with van der Waals surface area (Å²) in [6.45, 7) is 5.70. The van der Waals surface area contributed by atoms with Crippen LogP contribution >= 0.6 is 11.3 Å². The Morgan fingerprint density at radius 2 is 2.23 bits per heavy atom. The molecule has 3 nitrogen and oxygen atoms in total. The summed E-state index contributed by atoms with van der Waals surface area (Å²) in [5.41, 5.74) is 0. The third-order valence-electron chi connectivity index (χ3n) is 1.70. The second-order valence-electron chi connectivity index (χ2n) is 3.26. The fourth-order valence-corrected chi connectivity index (χ4v) is 1.54. The van der Waals surface area contributed by atoms with Crippen molar-refractivity contribution in [2.75, 3.05) is 0 Å². The molecule has 0 aliphatic heterocycles. The van der Waals surface area contributed by atoms with Crippen LogP contribution in [0.25, 0.3) is 0 Å². The highest BCUT2D eigenvalue weighted by atomic mass is 32.1. The van der Waals surface area contributed by atoms with Gasteiger partial charge >= 0.3 is 0 Å². The van der Waals surface area contributed by atoms with Crippen LogP contribution in [0.5, 0.6) is 0 Å². The largest absolute Gasteiger partial charge is 0.347 e. The third kappa shape index (κ3) is 2.81. The summed E-state index contributed by atoms with van der Waals surface area (Å²) in [6.07, 6.45) is 1.75. The van der Waals surface area contributed by atoms with E-state index in [2.05, 4.69) is 10.3 Å². The van der Waals surface area contributed by atoms with Gasteiger partial charge in [0.05, 0.1) is 6.04 Å². The predicted molar refractivity (Wildman–Crippen MR) is 53.5 cm³/mol. The van der Waals surface area contributed by atoms with E-state index >= 15 is 0 Å². The second-order valence-corrected chi connectivity index (χ2v) is 4.18. The Morgan fingerprint density at radius 1 is 1.54 bits per heavy atom. The normalized spacial score (nSPS) is 12.9. The van der Waals surface area contributed by atoms with Gasteiger partial charge < -0.3 is 5.32 Å². The highest BCUT2D eigenvalue weighted by Crippen LogP contribution is 2.14. The van der Waals surface area contributed by atoms with Gasteiger partial charge in [0.1, 0.15) is 5.01 Å². The Morgan fingerprint density at radius 3 is 2.69 bits per heavy atom. The number of carbonyl (C=O) groups excluding carboxylic acids is 1. The Kier molecular flexibility index (Phi) is 3.42. The van der Waals surface area contributed by atoms with E-state index in [9.17, 15) is 4.79 Å². The summed E-state index contributed by atoms with van der Waals surface area (Å²) in [6, 6.07) is 0.0231. The van der Waals surface area contributed by atoms with Crippen LogP contribution in [0.15, 0.2) is 11.6 Å². The van der Waals surface area contributed by atoms with Crippen molar-refractivity contribution in [2.24, 2.45) is 5.92 Å². The molecule has 0 saturated heterocycles. The fraction of sp³-hybridized carbons (Fsp3) is 0.556. The fourth-order valence-electron chi connectivity index (χ4n) is 0.890. The Balaban J connectivity index is 2.51. The van der Waals surface area contributed by atoms with Gasteiger partial charge in [0.2, 0.25) is 5.91 Å². The van der Waals surface area contributed by atoms with Crippen molar-refractivity contribution >= 4 is 17.2 Å². The average Bonchev–Trinajstić information content (AvgIpc) is 2.55. The van der Waals surface area contributed by atoms with Crippen molar-refractivity contribution in [3.8, 4) is 0 Å². The zero-order valence-corrected chi connectivity index (χ0v) is 8.89. The molecular weight excluding hydrogens is 184 g/mol. The summed E-state index contributed by atoms with van der Waals surface area (Å²) < 4.78 is 0. The van der Waals surface area contributed by atoms with E-state index in [-0.39, 0.29) is 17.9 Å². The van der Waals surface area contributed by atoms with Crippen molar-refractivity contribution in [1.29, 1.82) is 0 Å². The number of nitrogens with zero attached hydrogens (tertiary/aromatic N) is 1. The molecule has 1 amide bonds. The molecule has 1 atom stereocenters. The maximum Gasteiger partial charge on any atom is 0.223 e. The summed E-state index contributed by atoms with van der Waals surface area (Å²) in [7, 11) is 0. The molecule has 1 aromatic rings. The zero-order valence-electron chi connectivity index (χ0n) is 8.07. The molecule has 0 saturated carbocycles. The highest BCUT2D eigenvalue weighted by molar-refractivity contribution is 7.09. The number of nitrogens with one attached hydrogen (secondary N) is 1. The first kappa shape index (κ1) is 10.2. The van der Waals surface area contributed by atoms with Crippen LogP contribution in [0.2, 0.25) is 0 Å². The van der Waals surface area contributed by atoms with Gasteiger partial charge in [-0.05, 0) is 6.92 Å². The maximum absolute atomic E-state index is 11.3. The molecule has 4 heteroatoms. The maximum atomic E-state index is 11.3. The van der Waals surface area contributed by atoms with E-state index in [4.69, 9.17) is 0 Å². The molecule has 0 aromatic carbocycles. The number of carbonyl (C=O) groups is 1. The first-order chi connectivity index (χ1) is 6.11. The van der Waals surface area contributed by atoms with E-state index in [1.807, 2.05) is 26.2 Å². The molecule has 0 bridgehead atoms. The molecule has 0 fully saturated rings. The summed E-state index contributed by atoms with van der Waals surface area (Å²) >= 11 is 1.56. The lowest BCUT2D eigenvalue weighted by Crippen LogP contribution is -2.30. The van der Waals surface area contributed by atoms with Crippen molar-refractivity contribution < 1.29 is 4.79 Å². The second kappa shape index (κ2) is 4.37. The predicted octanol–water partition coefficient (Wildman–Crippen LogP) is 1.98. The molecule has 0 aliphatic rings. The monoisotopic (exact) mass is 198 g/mol. The summed E-state index contributed by atoms with van der Waals surface area (Å²) in [5, 5.41) is 5.75. The molecule has 72 valence electrons. The van der Waals surface area contributed by atoms with Gasteiger partial charge in [0, 0.05) is 17.5 Å². The lowest BCUT2D eigenvalue weighted by atomic mass is 10.2. The standard InChI is InChI=1S/C9H14N2OS/c1-6(2)8(12)11-7(3)9-10-4-5-13-9/h4-7H,1-3H3,(H,11,12). The minimum absolute atomic E-state index is 0.0231. The molecule has 1 rings (SSSR count). The van der Waals surface area contributed by atoms with E-state index in [0.29, 0.717) is 0 Å². The van der Waals surface area contributed by atoms with Gasteiger partial charge in [0.15, 0.2) is 0 Å². The van der Waals surface area contributed by atoms with Crippen molar-refractivity contribution in [1.82, 2.24) is 10.3 Å². The Bertz CT molecular complexity index is 269. The minimum Gasteiger partial charge on any atom is -0.347 e. The van der Waals surface area contributed by atoms with Gasteiger partial charge in [-0.2, -0.15) is 0 Å². The van der Waals surface area contributed by atoms with Crippen LogP contribution in [-0.4, -0.2) is 10.9 Å². The molecule has 1 unspecified atom stereocenters. The Hall–Kier alpha value is -0.900. The van der Waals surface area contributed by atoms with E-state index in [1.165, 1.54) is 0 Å². The van der Waals surface area contributed by atoms with Gasteiger partial charge in [-0.15, -0.1) is 11.3 Å². The summed E-state index contributed by atoms with van der Waals surface area (Å²) in [4.78, 5) is 15.4. The molecule has 0 spiro atoms. The van der Waals surface area contributed by atoms with Crippen LogP contribution in [0.3, 0.4) is 0 Å². The Labute approximate surface area is 82.2 Å². The van der Waals surface area contributed by atoms with Crippen molar-refractivity contribution in [3.63, 3.8) is 0 Å². The number of aromatic nitrogens is 1. The molecule has 1 aromatic heterocycles. The van der Waals surface area contributed by atoms with Crippen LogP contribution in [0.4, 0.5) is 0 Å². The number of thiazole rings is 1. The van der Waals surface area contributed by atoms with Crippen LogP contribution in [0, 0.1) is 5.92 Å². The van der Waals surface area contributed by atoms with E-state index in [1.54, 1.807) is 17.5 Å². The third-order valence-corrected chi connectivity index (χ3v) is 2.66. The quantitative estimate of drug-likeness (QED) is 0.807. The lowest BCUT2D eigenvalue weighted by molar-refractivity contribution is -0.124. The SMILES string of the molecule is CC(C)C(=O)NC(C)c1nccs1. The van der Waals surface area contributed by atoms with Crippen molar-refractivity contribution in [2.45, 2.75) is 26.8 Å². The first-order valence-corrected chi connectivity index (χ1v) is 5.19. The number of amides is 1. The number of rotatable bonds is 3. The lowest BCUT2D eigenvalue weighted by Gasteiger charge is -2.12. The topological polar surface area (TPSA) is 42.0 Å². The number of hydrogen-bond donors (Lipinski definition) is 1. The molecule has 0 radical (unpaired) electrons. The van der Waals surface area contributed by atoms with Crippen molar-refractivity contribution in [3.05, 3.63) is 16.6 Å². The van der Waals surface area contributed by atoms with Gasteiger partial charge in [0.25, 0.3) is 0 Å². The van der Waals surface area contributed by atoms with E-state index < -0.39 is 0 Å². The van der Waals surface area contributed by atoms with Gasteiger partial charge in [-0.3, -0.25) is 4.79 Å². The smallest absolute Gasteiger partial charge is 0.223 e. The molecule has 13 heavy (non-hydrogen) atoms. The molecule has 0 aliphatic carbocycles. The van der Waals surface area contributed by atoms with Crippen LogP contribution < -0.4 is 5.32 Å². The first-order valence-electron chi connectivity index (χ1n) is 4.31. The highest BCUT2D eigenvalue weighted by Gasteiger charge is 2.13. The number of hydrogen-bond acceptors (Lipinski definition) is 3. The van der Waals surface area contributed by atoms with Crippen LogP contribution in [-0.2, 0) is 4.79 Å². The average molecular weight is 198 g/mol. The van der Waals surface area contributed by atoms with Gasteiger partial charge in [-0.1, -0.05) is 13.8 Å². The molecular formula is C9H14N2OS. The van der Waals surface area contributed by atoms with Crippen LogP contribution in [0.1, 0.15) is 31.8 Å². The van der Waals surface area contributed by atoms with Gasteiger partial charge in [-0.25, -0.2) is 4.98 Å². The molecule has 1 N–H and O–H groups in total. The van der Waals surface area contributed by atoms with E-state index in [0.717, 1.165) is 5.01 Å². The summed E-state index contributed by atoms with van der Waals surface area (Å²) in [5.74, 6) is 0.102. The minimum atomic E-state index is 0.0231. The zero-order chi connectivity index (χ0) is 9.84.